The van der Waals surface area contributed by atoms with Gasteiger partial charge >= 0.3 is 5.97 Å². The fourth-order valence-electron chi connectivity index (χ4n) is 9.61. The molecule has 5 aliphatic heterocycles. The van der Waals surface area contributed by atoms with Crippen molar-refractivity contribution >= 4 is 5.97 Å². The molecule has 416 valence electrons. The molecule has 25 nitrogen and oxygen atoms in total. The third kappa shape index (κ3) is 15.6. The number of ether oxygens (including phenoxy) is 10. The lowest BCUT2D eigenvalue weighted by Gasteiger charge is -2.50. The SMILES string of the molecule is CCCCC[C@@H](CCCCCCCCCC(=O)O)O[C@@H]1O[C@H](CO)[C@@H](O)[C@H](O)[C@H]1O[C@@H]1O[C@@H](C)[C@H](O[C@@H]2O[C@@H](C)[C@H](O[C@@H]3O[C@@H](C)[C@H](O)[C@@H](O)[C@H]3O)[C@@H](O[C@@H]3O[C@H](CO)[C@@H](O)[C@H](O)[C@H]3O)[C@H]2O)[C@@H](O)[C@H]1O. The Morgan fingerprint density at radius 2 is 0.831 bits per heavy atom. The first-order chi connectivity index (χ1) is 33.7. The zero-order valence-electron chi connectivity index (χ0n) is 40.9. The van der Waals surface area contributed by atoms with Gasteiger partial charge in [0.2, 0.25) is 0 Å². The first kappa shape index (κ1) is 60.4. The van der Waals surface area contributed by atoms with Gasteiger partial charge in [-0.3, -0.25) is 4.79 Å². The molecular weight excluding hydrogens is 952 g/mol. The highest BCUT2D eigenvalue weighted by molar-refractivity contribution is 5.66. The summed E-state index contributed by atoms with van der Waals surface area (Å²) in [6, 6.07) is 0. The normalized spacial score (nSPS) is 44.9. The van der Waals surface area contributed by atoms with Crippen LogP contribution in [0.1, 0.15) is 111 Å². The molecule has 0 radical (unpaired) electrons. The van der Waals surface area contributed by atoms with Gasteiger partial charge in [0.05, 0.1) is 37.6 Å². The van der Waals surface area contributed by atoms with Crippen molar-refractivity contribution in [1.29, 1.82) is 0 Å². The molecule has 5 heterocycles. The zero-order valence-corrected chi connectivity index (χ0v) is 40.9. The Morgan fingerprint density at radius 3 is 1.41 bits per heavy atom. The third-order valence-corrected chi connectivity index (χ3v) is 14.0. The number of hydrogen-bond donors (Lipinski definition) is 14. The second-order valence-corrected chi connectivity index (χ2v) is 19.5. The summed E-state index contributed by atoms with van der Waals surface area (Å²) in [5, 5.41) is 149. The maximum absolute atomic E-state index is 11.9. The minimum absolute atomic E-state index is 0.150. The lowest BCUT2D eigenvalue weighted by Crippen LogP contribution is -2.67. The van der Waals surface area contributed by atoms with Crippen molar-refractivity contribution in [3.63, 3.8) is 0 Å². The van der Waals surface area contributed by atoms with E-state index in [9.17, 15) is 71.2 Å². The Bertz CT molecular complexity index is 1540. The van der Waals surface area contributed by atoms with E-state index in [1.54, 1.807) is 0 Å². The molecule has 5 rings (SSSR count). The smallest absolute Gasteiger partial charge is 0.303 e. The maximum Gasteiger partial charge on any atom is 0.303 e. The van der Waals surface area contributed by atoms with E-state index in [0.29, 0.717) is 19.3 Å². The number of rotatable bonds is 26. The summed E-state index contributed by atoms with van der Waals surface area (Å²) in [6.07, 6.45) is -31.0. The fourth-order valence-corrected chi connectivity index (χ4v) is 9.61. The molecule has 5 fully saturated rings. The predicted octanol–water partition coefficient (Wildman–Crippen LogP) is -3.27. The van der Waals surface area contributed by atoms with Gasteiger partial charge < -0.3 is 119 Å². The maximum atomic E-state index is 11.9. The van der Waals surface area contributed by atoms with Gasteiger partial charge in [-0.1, -0.05) is 64.7 Å². The predicted molar refractivity (Wildman–Crippen MR) is 238 cm³/mol. The molecule has 0 aromatic rings. The molecule has 0 aliphatic carbocycles. The Kier molecular flexibility index (Phi) is 24.3. The number of aliphatic hydroxyl groups is 13. The molecular formula is C46H82O25. The Morgan fingerprint density at radius 1 is 0.423 bits per heavy atom. The van der Waals surface area contributed by atoms with E-state index in [2.05, 4.69) is 6.92 Å². The number of aliphatic hydroxyl groups excluding tert-OH is 13. The Hall–Kier alpha value is -1.45. The van der Waals surface area contributed by atoms with E-state index < -0.39 is 179 Å². The van der Waals surface area contributed by atoms with Gasteiger partial charge in [-0.2, -0.15) is 0 Å². The van der Waals surface area contributed by atoms with Crippen molar-refractivity contribution in [3.05, 3.63) is 0 Å². The number of carboxylic acids is 1. The van der Waals surface area contributed by atoms with Gasteiger partial charge in [-0.25, -0.2) is 0 Å². The standard InChI is InChI=1S/C46H82O25/c1-5-6-12-15-23(16-13-10-8-7-9-11-14-17-26(49)50)65-46-41(32(56)29(53)25(19-48)67-46)71-43-36(60)33(57)38(21(3)63-43)68-45-37(61)40(70-44-35(59)31(55)28(52)24(18-47)66-44)39(22(4)64-45)69-42-34(58)30(54)27(51)20(2)62-42/h20-25,27-48,51-61H,5-19H2,1-4H3,(H,49,50)/t20-,21-,22-,23-,24+,25+,27-,28+,29+,30+,31-,32-,33-,34+,35+,36+,37+,38-,39-,40-,41+,42-,43-,44-,45-,46+/m0/s1. The zero-order chi connectivity index (χ0) is 52.3. The summed E-state index contributed by atoms with van der Waals surface area (Å²) in [6.45, 7) is 4.83. The van der Waals surface area contributed by atoms with E-state index in [0.717, 1.165) is 57.8 Å². The molecule has 14 N–H and O–H groups in total. The minimum Gasteiger partial charge on any atom is -0.481 e. The first-order valence-electron chi connectivity index (χ1n) is 25.2. The van der Waals surface area contributed by atoms with E-state index >= 15 is 0 Å². The van der Waals surface area contributed by atoms with E-state index in [1.807, 2.05) is 0 Å². The van der Waals surface area contributed by atoms with Crippen molar-refractivity contribution in [3.8, 4) is 0 Å². The first-order valence-corrected chi connectivity index (χ1v) is 25.2. The van der Waals surface area contributed by atoms with Crippen LogP contribution in [0.15, 0.2) is 0 Å². The highest BCUT2D eigenvalue weighted by Gasteiger charge is 2.56. The van der Waals surface area contributed by atoms with Crippen LogP contribution in [0.2, 0.25) is 0 Å². The van der Waals surface area contributed by atoms with Gasteiger partial charge in [-0.05, 0) is 40.0 Å². The molecule has 0 aromatic heterocycles. The summed E-state index contributed by atoms with van der Waals surface area (Å²) in [5.41, 5.74) is 0. The monoisotopic (exact) mass is 1030 g/mol. The van der Waals surface area contributed by atoms with E-state index in [-0.39, 0.29) is 6.42 Å². The van der Waals surface area contributed by atoms with Crippen LogP contribution in [0.3, 0.4) is 0 Å². The van der Waals surface area contributed by atoms with Gasteiger partial charge in [0.1, 0.15) is 104 Å². The molecule has 0 unspecified atom stereocenters. The molecule has 0 saturated carbocycles. The summed E-state index contributed by atoms with van der Waals surface area (Å²) in [4.78, 5) is 10.8. The molecule has 0 amide bonds. The lowest BCUT2D eigenvalue weighted by molar-refractivity contribution is -0.400. The molecule has 71 heavy (non-hydrogen) atoms. The quantitative estimate of drug-likeness (QED) is 0.0378. The summed E-state index contributed by atoms with van der Waals surface area (Å²) in [7, 11) is 0. The third-order valence-electron chi connectivity index (χ3n) is 14.0. The fraction of sp³-hybridized carbons (Fsp3) is 0.978. The van der Waals surface area contributed by atoms with Crippen LogP contribution >= 0.6 is 0 Å². The highest BCUT2D eigenvalue weighted by Crippen LogP contribution is 2.37. The van der Waals surface area contributed by atoms with Crippen LogP contribution in [0.5, 0.6) is 0 Å². The second kappa shape index (κ2) is 28.6. The lowest BCUT2D eigenvalue weighted by atomic mass is 9.95. The highest BCUT2D eigenvalue weighted by atomic mass is 16.8. The molecule has 0 bridgehead atoms. The minimum atomic E-state index is -1.98. The number of unbranched alkanes of at least 4 members (excludes halogenated alkanes) is 8. The number of hydrogen-bond acceptors (Lipinski definition) is 24. The average Bonchev–Trinajstić information content (AvgIpc) is 3.34. The topological polar surface area (TPSA) is 393 Å². The molecule has 0 spiro atoms. The van der Waals surface area contributed by atoms with Crippen LogP contribution in [-0.2, 0) is 52.2 Å². The van der Waals surface area contributed by atoms with Crippen LogP contribution in [0.25, 0.3) is 0 Å². The van der Waals surface area contributed by atoms with Crippen LogP contribution in [0.4, 0.5) is 0 Å². The van der Waals surface area contributed by atoms with Crippen molar-refractivity contribution in [2.24, 2.45) is 0 Å². The van der Waals surface area contributed by atoms with Gasteiger partial charge in [-0.15, -0.1) is 0 Å². The number of aliphatic carboxylic acids is 1. The Labute approximate surface area is 413 Å². The van der Waals surface area contributed by atoms with Crippen molar-refractivity contribution in [2.75, 3.05) is 13.2 Å². The Balaban J connectivity index is 1.28. The van der Waals surface area contributed by atoms with Gasteiger partial charge in [0, 0.05) is 6.42 Å². The van der Waals surface area contributed by atoms with Gasteiger partial charge in [0.15, 0.2) is 31.5 Å². The van der Waals surface area contributed by atoms with E-state index in [1.165, 1.54) is 20.8 Å². The van der Waals surface area contributed by atoms with Crippen LogP contribution in [0, 0.1) is 0 Å². The summed E-state index contributed by atoms with van der Waals surface area (Å²) < 4.78 is 59.8. The number of carboxylic acid groups (broad SMARTS) is 1. The van der Waals surface area contributed by atoms with Crippen LogP contribution in [-0.4, -0.2) is 250 Å². The summed E-state index contributed by atoms with van der Waals surface area (Å²) >= 11 is 0. The largest absolute Gasteiger partial charge is 0.481 e. The summed E-state index contributed by atoms with van der Waals surface area (Å²) in [5.74, 6) is -0.807. The van der Waals surface area contributed by atoms with Gasteiger partial charge in [0.25, 0.3) is 0 Å². The second-order valence-electron chi connectivity index (χ2n) is 19.5. The molecule has 0 aromatic carbocycles. The van der Waals surface area contributed by atoms with Crippen LogP contribution < -0.4 is 0 Å². The number of carbonyl (C=O) groups is 1. The molecule has 5 aliphatic rings. The van der Waals surface area contributed by atoms with Crippen molar-refractivity contribution in [2.45, 2.75) is 271 Å². The molecule has 25 heteroatoms. The van der Waals surface area contributed by atoms with Crippen molar-refractivity contribution in [1.82, 2.24) is 0 Å². The van der Waals surface area contributed by atoms with Crippen molar-refractivity contribution < 1.29 is 124 Å². The molecule has 26 atom stereocenters. The molecule has 5 saturated heterocycles. The average molecular weight is 1040 g/mol. The van der Waals surface area contributed by atoms with E-state index in [4.69, 9.17) is 52.5 Å².